The monoisotopic (exact) mass is 354 g/mol. The van der Waals surface area contributed by atoms with Crippen molar-refractivity contribution in [3.63, 3.8) is 0 Å². The molecule has 1 heterocycles. The number of hydrogen-bond acceptors (Lipinski definition) is 4. The van der Waals surface area contributed by atoms with Crippen LogP contribution < -0.4 is 20.1 Å². The fraction of sp³-hybridized carbons (Fsp3) is 0.286. The molecule has 6 nitrogen and oxygen atoms in total. The molecule has 0 saturated carbocycles. The molecule has 0 radical (unpaired) electrons. The summed E-state index contributed by atoms with van der Waals surface area (Å²) in [6.45, 7) is 4.78. The number of amides is 3. The molecule has 2 N–H and O–H groups in total. The summed E-state index contributed by atoms with van der Waals surface area (Å²) in [5, 5.41) is 4.59. The van der Waals surface area contributed by atoms with Gasteiger partial charge in [-0.25, -0.2) is 4.79 Å². The molecular formula is C14H15BrN2O4. The number of carbonyl (C=O) groups is 2. The van der Waals surface area contributed by atoms with Crippen LogP contribution >= 0.6 is 15.9 Å². The molecule has 0 spiro atoms. The molecule has 1 aliphatic rings. The standard InChI is InChI=1S/C14H15BrN2O4/c1-3-20-11-6-8(9(15)7-12(11)21-4-2)5-10-13(18)17-14(19)16-10/h5-7H,3-4H2,1-2H3,(H2,16,17,18,19). The number of ether oxygens (including phenoxy) is 2. The second kappa shape index (κ2) is 6.62. The summed E-state index contributed by atoms with van der Waals surface area (Å²) in [4.78, 5) is 22.7. The lowest BCUT2D eigenvalue weighted by Crippen LogP contribution is -2.22. The number of rotatable bonds is 5. The van der Waals surface area contributed by atoms with Crippen molar-refractivity contribution in [1.82, 2.24) is 10.6 Å². The van der Waals surface area contributed by atoms with Crippen molar-refractivity contribution in [1.29, 1.82) is 0 Å². The fourth-order valence-electron chi connectivity index (χ4n) is 1.84. The molecule has 1 saturated heterocycles. The SMILES string of the molecule is CCOc1cc(Br)c(C=C2NC(=O)NC2=O)cc1OCC. The third-order valence-corrected chi connectivity index (χ3v) is 3.37. The predicted octanol–water partition coefficient (Wildman–Crippen LogP) is 2.43. The normalized spacial score (nSPS) is 15.9. The van der Waals surface area contributed by atoms with Crippen LogP contribution in [0.3, 0.4) is 0 Å². The first-order valence-electron chi connectivity index (χ1n) is 6.48. The summed E-state index contributed by atoms with van der Waals surface area (Å²) in [6.07, 6.45) is 1.57. The van der Waals surface area contributed by atoms with E-state index in [2.05, 4.69) is 26.6 Å². The van der Waals surface area contributed by atoms with Crippen LogP contribution in [0.4, 0.5) is 4.79 Å². The maximum atomic E-state index is 11.5. The Morgan fingerprint density at radius 1 is 1.10 bits per heavy atom. The van der Waals surface area contributed by atoms with Crippen LogP contribution in [0.25, 0.3) is 6.08 Å². The fourth-order valence-corrected chi connectivity index (χ4v) is 2.27. The summed E-state index contributed by atoms with van der Waals surface area (Å²) in [6, 6.07) is 3.00. The smallest absolute Gasteiger partial charge is 0.326 e. The lowest BCUT2D eigenvalue weighted by molar-refractivity contribution is -0.115. The molecule has 0 bridgehead atoms. The molecule has 7 heteroatoms. The molecule has 1 fully saturated rings. The highest BCUT2D eigenvalue weighted by Gasteiger charge is 2.23. The van der Waals surface area contributed by atoms with Gasteiger partial charge < -0.3 is 14.8 Å². The van der Waals surface area contributed by atoms with Gasteiger partial charge in [0, 0.05) is 4.47 Å². The molecule has 1 aliphatic heterocycles. The van der Waals surface area contributed by atoms with Crippen molar-refractivity contribution in [2.45, 2.75) is 13.8 Å². The zero-order chi connectivity index (χ0) is 15.4. The number of hydrogen-bond donors (Lipinski definition) is 2. The van der Waals surface area contributed by atoms with Crippen molar-refractivity contribution in [3.05, 3.63) is 27.9 Å². The lowest BCUT2D eigenvalue weighted by Gasteiger charge is -2.13. The highest BCUT2D eigenvalue weighted by Crippen LogP contribution is 2.35. The number of urea groups is 1. The molecule has 1 aromatic carbocycles. The zero-order valence-corrected chi connectivity index (χ0v) is 13.2. The van der Waals surface area contributed by atoms with Gasteiger partial charge in [-0.05, 0) is 37.6 Å². The Kier molecular flexibility index (Phi) is 4.85. The first-order valence-corrected chi connectivity index (χ1v) is 7.27. The maximum absolute atomic E-state index is 11.5. The van der Waals surface area contributed by atoms with Crippen molar-refractivity contribution < 1.29 is 19.1 Å². The predicted molar refractivity (Wildman–Crippen MR) is 81.1 cm³/mol. The van der Waals surface area contributed by atoms with E-state index >= 15 is 0 Å². The molecule has 0 aromatic heterocycles. The number of nitrogens with one attached hydrogen (secondary N) is 2. The van der Waals surface area contributed by atoms with E-state index in [1.807, 2.05) is 13.8 Å². The summed E-state index contributed by atoms with van der Waals surface area (Å²) in [5.74, 6) is 0.742. The van der Waals surface area contributed by atoms with E-state index in [-0.39, 0.29) is 5.70 Å². The van der Waals surface area contributed by atoms with Gasteiger partial charge in [-0.2, -0.15) is 0 Å². The first kappa shape index (κ1) is 15.4. The Morgan fingerprint density at radius 2 is 1.71 bits per heavy atom. The highest BCUT2D eigenvalue weighted by atomic mass is 79.9. The molecule has 0 unspecified atom stereocenters. The van der Waals surface area contributed by atoms with Crippen molar-refractivity contribution in [2.24, 2.45) is 0 Å². The minimum atomic E-state index is -0.529. The lowest BCUT2D eigenvalue weighted by atomic mass is 10.1. The minimum Gasteiger partial charge on any atom is -0.490 e. The average molecular weight is 355 g/mol. The van der Waals surface area contributed by atoms with E-state index in [1.54, 1.807) is 18.2 Å². The van der Waals surface area contributed by atoms with E-state index in [0.29, 0.717) is 30.3 Å². The van der Waals surface area contributed by atoms with Crippen LogP contribution in [0.5, 0.6) is 11.5 Å². The molecule has 0 aliphatic carbocycles. The third-order valence-electron chi connectivity index (χ3n) is 2.68. The highest BCUT2D eigenvalue weighted by molar-refractivity contribution is 9.10. The van der Waals surface area contributed by atoms with E-state index in [0.717, 1.165) is 4.47 Å². The largest absolute Gasteiger partial charge is 0.490 e. The van der Waals surface area contributed by atoms with Crippen LogP contribution in [0.1, 0.15) is 19.4 Å². The van der Waals surface area contributed by atoms with Gasteiger partial charge in [-0.15, -0.1) is 0 Å². The zero-order valence-electron chi connectivity index (χ0n) is 11.7. The molecule has 112 valence electrons. The number of halogens is 1. The average Bonchev–Trinajstić information content (AvgIpc) is 2.73. The molecule has 0 atom stereocenters. The van der Waals surface area contributed by atoms with Gasteiger partial charge in [-0.1, -0.05) is 15.9 Å². The van der Waals surface area contributed by atoms with Crippen LogP contribution in [0, 0.1) is 0 Å². The quantitative estimate of drug-likeness (QED) is 0.628. The number of benzene rings is 1. The van der Waals surface area contributed by atoms with Gasteiger partial charge >= 0.3 is 6.03 Å². The maximum Gasteiger partial charge on any atom is 0.326 e. The van der Waals surface area contributed by atoms with Crippen LogP contribution in [-0.4, -0.2) is 25.2 Å². The summed E-state index contributed by atoms with van der Waals surface area (Å²) >= 11 is 3.42. The number of carbonyl (C=O) groups excluding carboxylic acids is 2. The molecular weight excluding hydrogens is 340 g/mol. The Labute approximate surface area is 130 Å². The van der Waals surface area contributed by atoms with E-state index in [9.17, 15) is 9.59 Å². The Bertz CT molecular complexity index is 613. The Balaban J connectivity index is 2.40. The molecule has 1 aromatic rings. The van der Waals surface area contributed by atoms with E-state index in [1.165, 1.54) is 0 Å². The van der Waals surface area contributed by atoms with Crippen LogP contribution in [-0.2, 0) is 4.79 Å². The minimum absolute atomic E-state index is 0.187. The van der Waals surface area contributed by atoms with Gasteiger partial charge in [0.1, 0.15) is 5.70 Å². The Morgan fingerprint density at radius 3 is 2.24 bits per heavy atom. The topological polar surface area (TPSA) is 76.7 Å². The van der Waals surface area contributed by atoms with Gasteiger partial charge in [0.15, 0.2) is 11.5 Å². The number of imide groups is 1. The van der Waals surface area contributed by atoms with Gasteiger partial charge in [0.25, 0.3) is 5.91 Å². The second-order valence-electron chi connectivity index (χ2n) is 4.15. The summed E-state index contributed by atoms with van der Waals surface area (Å²) < 4.78 is 11.8. The van der Waals surface area contributed by atoms with E-state index in [4.69, 9.17) is 9.47 Å². The summed E-state index contributed by atoms with van der Waals surface area (Å²) in [5.41, 5.74) is 0.890. The summed E-state index contributed by atoms with van der Waals surface area (Å²) in [7, 11) is 0. The van der Waals surface area contributed by atoms with Gasteiger partial charge in [0.2, 0.25) is 0 Å². The van der Waals surface area contributed by atoms with Crippen LogP contribution in [0.15, 0.2) is 22.3 Å². The van der Waals surface area contributed by atoms with Crippen molar-refractivity contribution in [2.75, 3.05) is 13.2 Å². The van der Waals surface area contributed by atoms with Gasteiger partial charge in [-0.3, -0.25) is 10.1 Å². The molecule has 21 heavy (non-hydrogen) atoms. The van der Waals surface area contributed by atoms with Crippen LogP contribution in [0.2, 0.25) is 0 Å². The molecule has 2 rings (SSSR count). The Hall–Kier alpha value is -2.02. The van der Waals surface area contributed by atoms with Crippen molar-refractivity contribution in [3.8, 4) is 11.5 Å². The van der Waals surface area contributed by atoms with E-state index < -0.39 is 11.9 Å². The van der Waals surface area contributed by atoms with Crippen molar-refractivity contribution >= 4 is 33.9 Å². The molecule has 3 amide bonds. The first-order chi connectivity index (χ1) is 10.0. The second-order valence-corrected chi connectivity index (χ2v) is 5.01. The van der Waals surface area contributed by atoms with Gasteiger partial charge in [0.05, 0.1) is 13.2 Å². The third kappa shape index (κ3) is 3.55.